The Labute approximate surface area is 313 Å². The van der Waals surface area contributed by atoms with Gasteiger partial charge in [-0.15, -0.1) is 0 Å². The Kier molecular flexibility index (Phi) is 12.4. The molecule has 4 aliphatic rings. The highest BCUT2D eigenvalue weighted by molar-refractivity contribution is 5.93. The highest BCUT2D eigenvalue weighted by atomic mass is 16.8. The minimum atomic E-state index is -1.74. The maximum Gasteiger partial charge on any atom is 0.343 e. The molecule has 2 aromatic carbocycles. The van der Waals surface area contributed by atoms with E-state index in [0.717, 1.165) is 6.26 Å². The summed E-state index contributed by atoms with van der Waals surface area (Å²) in [5.74, 6) is -5.57. The van der Waals surface area contributed by atoms with Crippen LogP contribution in [0.4, 0.5) is 0 Å². The monoisotopic (exact) mass is 776 g/mol. The fraction of sp³-hybridized carbons (Fsp3) is 0.541. The van der Waals surface area contributed by atoms with Crippen LogP contribution in [0.15, 0.2) is 60.4 Å². The van der Waals surface area contributed by atoms with Gasteiger partial charge < -0.3 is 74.4 Å². The molecule has 2 heterocycles. The minimum absolute atomic E-state index is 0.00861. The lowest BCUT2D eigenvalue weighted by atomic mass is 9.81. The van der Waals surface area contributed by atoms with Gasteiger partial charge in [0.2, 0.25) is 6.29 Å². The van der Waals surface area contributed by atoms with E-state index in [1.54, 1.807) is 6.92 Å². The lowest BCUT2D eigenvalue weighted by Gasteiger charge is -2.43. The number of carboxylic acid groups (broad SMARTS) is 1. The van der Waals surface area contributed by atoms with E-state index in [-0.39, 0.29) is 41.0 Å². The number of ether oxygens (including phenoxy) is 6. The van der Waals surface area contributed by atoms with Crippen molar-refractivity contribution in [3.05, 3.63) is 71.5 Å². The minimum Gasteiger partial charge on any atom is -0.488 e. The van der Waals surface area contributed by atoms with Crippen molar-refractivity contribution in [3.63, 3.8) is 0 Å². The number of benzene rings is 2. The standard InChI is InChI=1S/C37H44O18/c1-15-23(11-21-22(33(46)47)14-50-36(26(15)21)55-37-32(45)31(44)29(42)25(13-39)54-37)53-35(49)17-5-3-7-20(9-17)52-34(48)16-4-2-6-19(8-16)51-24-10-18(12-38)27(40)30(43)28(24)41/h2-9,14-15,18,21,23-32,36-45H,10-13H2,1H3,(H,46,47)/t15-,18+,21+,23+,24+,25+,26+,27+,28-,29+,30-,31-,32+,36-,37-/m0/s1. The van der Waals surface area contributed by atoms with Gasteiger partial charge in [0, 0.05) is 30.3 Å². The van der Waals surface area contributed by atoms with E-state index in [2.05, 4.69) is 0 Å². The fourth-order valence-electron chi connectivity index (χ4n) is 7.63. The molecule has 55 heavy (non-hydrogen) atoms. The smallest absolute Gasteiger partial charge is 0.343 e. The maximum atomic E-state index is 13.4. The van der Waals surface area contributed by atoms with Gasteiger partial charge in [-0.25, -0.2) is 14.4 Å². The van der Waals surface area contributed by atoms with Crippen LogP contribution in [0.2, 0.25) is 0 Å². The van der Waals surface area contributed by atoms with Crippen LogP contribution in [0.3, 0.4) is 0 Å². The maximum absolute atomic E-state index is 13.4. The van der Waals surface area contributed by atoms with Gasteiger partial charge >= 0.3 is 17.9 Å². The second kappa shape index (κ2) is 16.9. The summed E-state index contributed by atoms with van der Waals surface area (Å²) in [4.78, 5) is 38.7. The van der Waals surface area contributed by atoms with Gasteiger partial charge in [0.25, 0.3) is 0 Å². The van der Waals surface area contributed by atoms with Crippen molar-refractivity contribution in [1.82, 2.24) is 0 Å². The van der Waals surface area contributed by atoms with Crippen LogP contribution < -0.4 is 9.47 Å². The highest BCUT2D eigenvalue weighted by Gasteiger charge is 2.54. The largest absolute Gasteiger partial charge is 0.488 e. The van der Waals surface area contributed by atoms with Crippen LogP contribution in [-0.2, 0) is 23.7 Å². The molecule has 2 aliphatic heterocycles. The van der Waals surface area contributed by atoms with Crippen molar-refractivity contribution in [2.45, 2.75) is 87.3 Å². The predicted octanol–water partition coefficient (Wildman–Crippen LogP) is -1.31. The molecule has 18 heteroatoms. The second-order valence-electron chi connectivity index (χ2n) is 14.2. The Hall–Kier alpha value is -4.21. The molecule has 0 radical (unpaired) electrons. The van der Waals surface area contributed by atoms with Gasteiger partial charge in [-0.2, -0.15) is 0 Å². The van der Waals surface area contributed by atoms with E-state index in [1.807, 2.05) is 0 Å². The number of aliphatic carboxylic acids is 1. The molecule has 0 aromatic heterocycles. The third-order valence-electron chi connectivity index (χ3n) is 10.8. The average molecular weight is 777 g/mol. The summed E-state index contributed by atoms with van der Waals surface area (Å²) in [5, 5.41) is 90.5. The predicted molar refractivity (Wildman–Crippen MR) is 181 cm³/mol. The molecule has 3 fully saturated rings. The number of aliphatic hydroxyl groups is 8. The molecule has 1 saturated heterocycles. The van der Waals surface area contributed by atoms with Gasteiger partial charge in [0.15, 0.2) is 6.29 Å². The van der Waals surface area contributed by atoms with Crippen LogP contribution >= 0.6 is 0 Å². The number of esters is 2. The van der Waals surface area contributed by atoms with Gasteiger partial charge in [-0.3, -0.25) is 0 Å². The summed E-state index contributed by atoms with van der Waals surface area (Å²) in [6, 6.07) is 11.4. The first-order chi connectivity index (χ1) is 26.2. The SMILES string of the molecule is C[C@@H]1[C@H]2[C@H](O[C@@H]3O[C@H](CO)[C@@H](O)[C@H](O)[C@H]3O)OC=C(C(=O)O)[C@H]2C[C@H]1OC(=O)c1cccc(OC(=O)c2cccc(O[C@@H]3C[C@H](CO)[C@@H](O)[C@H](O)[C@H]3O)c2)c1. The molecule has 300 valence electrons. The van der Waals surface area contributed by atoms with Crippen molar-refractivity contribution in [2.24, 2.45) is 23.7 Å². The number of aliphatic hydroxyl groups excluding tert-OH is 8. The molecule has 0 spiro atoms. The second-order valence-corrected chi connectivity index (χ2v) is 14.2. The number of hydrogen-bond donors (Lipinski definition) is 9. The van der Waals surface area contributed by atoms with E-state index in [1.165, 1.54) is 48.5 Å². The van der Waals surface area contributed by atoms with Crippen molar-refractivity contribution >= 4 is 17.9 Å². The number of rotatable bonds is 11. The van der Waals surface area contributed by atoms with Crippen LogP contribution in [0.5, 0.6) is 11.5 Å². The van der Waals surface area contributed by atoms with E-state index >= 15 is 0 Å². The fourth-order valence-corrected chi connectivity index (χ4v) is 7.63. The Morgan fingerprint density at radius 3 is 2.07 bits per heavy atom. The van der Waals surface area contributed by atoms with Crippen LogP contribution in [0, 0.1) is 23.7 Å². The Morgan fingerprint density at radius 1 is 0.745 bits per heavy atom. The first kappa shape index (κ1) is 40.5. The summed E-state index contributed by atoms with van der Waals surface area (Å²) in [6.07, 6.45) is -14.3. The highest BCUT2D eigenvalue weighted by Crippen LogP contribution is 2.48. The molecule has 9 N–H and O–H groups in total. The molecular weight excluding hydrogens is 732 g/mol. The topological polar surface area (TPSA) is 289 Å². The van der Waals surface area contributed by atoms with Crippen molar-refractivity contribution < 1.29 is 88.8 Å². The zero-order chi connectivity index (χ0) is 39.7. The van der Waals surface area contributed by atoms with E-state index in [4.69, 9.17) is 28.4 Å². The van der Waals surface area contributed by atoms with Crippen LogP contribution in [0.25, 0.3) is 0 Å². The lowest BCUT2D eigenvalue weighted by Crippen LogP contribution is -2.60. The molecule has 6 rings (SSSR count). The molecule has 2 aromatic rings. The van der Waals surface area contributed by atoms with Crippen LogP contribution in [-0.4, -0.2) is 145 Å². The normalized spacial score (nSPS) is 37.2. The summed E-state index contributed by atoms with van der Waals surface area (Å²) in [6.45, 7) is 0.565. The van der Waals surface area contributed by atoms with Gasteiger partial charge in [0.1, 0.15) is 60.3 Å². The van der Waals surface area contributed by atoms with Gasteiger partial charge in [-0.05, 0) is 49.2 Å². The average Bonchev–Trinajstić information content (AvgIpc) is 3.50. The molecule has 18 nitrogen and oxygen atoms in total. The van der Waals surface area contributed by atoms with E-state index in [9.17, 15) is 60.3 Å². The van der Waals surface area contributed by atoms with Gasteiger partial charge in [-0.1, -0.05) is 19.1 Å². The number of fused-ring (bicyclic) bond motifs is 1. The Balaban J connectivity index is 1.11. The summed E-state index contributed by atoms with van der Waals surface area (Å²) < 4.78 is 34.1. The zero-order valence-electron chi connectivity index (χ0n) is 29.4. The van der Waals surface area contributed by atoms with Crippen LogP contribution in [0.1, 0.15) is 40.5 Å². The third-order valence-corrected chi connectivity index (χ3v) is 10.8. The third kappa shape index (κ3) is 8.34. The molecule has 15 atom stereocenters. The number of carbonyl (C=O) groups excluding carboxylic acids is 2. The molecule has 0 bridgehead atoms. The molecular formula is C37H44O18. The number of carbonyl (C=O) groups is 3. The first-order valence-electron chi connectivity index (χ1n) is 17.7. The number of hydrogen-bond acceptors (Lipinski definition) is 17. The quantitative estimate of drug-likeness (QED) is 0.0945. The molecule has 0 amide bonds. The van der Waals surface area contributed by atoms with E-state index in [0.29, 0.717) is 0 Å². The lowest BCUT2D eigenvalue weighted by molar-refractivity contribution is -0.342. The van der Waals surface area contributed by atoms with Gasteiger partial charge in [0.05, 0.1) is 35.7 Å². The molecule has 2 aliphatic carbocycles. The Bertz CT molecular complexity index is 1730. The number of carboxylic acids is 1. The summed E-state index contributed by atoms with van der Waals surface area (Å²) >= 11 is 0. The summed E-state index contributed by atoms with van der Waals surface area (Å²) in [5.41, 5.74) is -0.0511. The Morgan fingerprint density at radius 2 is 1.40 bits per heavy atom. The zero-order valence-corrected chi connectivity index (χ0v) is 29.4. The van der Waals surface area contributed by atoms with E-state index < -0.39 is 122 Å². The van der Waals surface area contributed by atoms with Crippen molar-refractivity contribution in [1.29, 1.82) is 0 Å². The van der Waals surface area contributed by atoms with Crippen molar-refractivity contribution in [2.75, 3.05) is 13.2 Å². The summed E-state index contributed by atoms with van der Waals surface area (Å²) in [7, 11) is 0. The first-order valence-corrected chi connectivity index (χ1v) is 17.7. The van der Waals surface area contributed by atoms with Crippen molar-refractivity contribution in [3.8, 4) is 11.5 Å². The molecule has 0 unspecified atom stereocenters. The molecule has 2 saturated carbocycles.